The van der Waals surface area contributed by atoms with Crippen LogP contribution in [0.1, 0.15) is 30.3 Å². The van der Waals surface area contributed by atoms with Crippen LogP contribution in [0, 0.1) is 0 Å². The lowest BCUT2D eigenvalue weighted by Crippen LogP contribution is -2.35. The van der Waals surface area contributed by atoms with Gasteiger partial charge in [0.05, 0.1) is 12.6 Å². The highest BCUT2D eigenvalue weighted by Crippen LogP contribution is 2.21. The fourth-order valence-corrected chi connectivity index (χ4v) is 2.32. The van der Waals surface area contributed by atoms with Gasteiger partial charge >= 0.3 is 0 Å². The van der Waals surface area contributed by atoms with Crippen LogP contribution in [-0.2, 0) is 4.74 Å². The van der Waals surface area contributed by atoms with E-state index < -0.39 is 0 Å². The second-order valence-corrected chi connectivity index (χ2v) is 5.49. The summed E-state index contributed by atoms with van der Waals surface area (Å²) in [6.45, 7) is 2.43. The van der Waals surface area contributed by atoms with Crippen molar-refractivity contribution in [3.63, 3.8) is 0 Å². The molecule has 2 heterocycles. The molecule has 2 N–H and O–H groups in total. The Morgan fingerprint density at radius 1 is 1.61 bits per heavy atom. The second-order valence-electron chi connectivity index (χ2n) is 4.50. The van der Waals surface area contributed by atoms with Crippen molar-refractivity contribution in [2.75, 3.05) is 38.8 Å². The Kier molecular flexibility index (Phi) is 4.99. The summed E-state index contributed by atoms with van der Waals surface area (Å²) in [5, 5.41) is 3.98. The fraction of sp³-hybridized carbons (Fsp3) is 0.818. The van der Waals surface area contributed by atoms with E-state index in [1.54, 1.807) is 11.8 Å². The van der Waals surface area contributed by atoms with Crippen LogP contribution in [0.15, 0.2) is 4.52 Å². The molecule has 0 amide bonds. The summed E-state index contributed by atoms with van der Waals surface area (Å²) in [6, 6.07) is -0.181. The average molecular weight is 272 g/mol. The van der Waals surface area contributed by atoms with Crippen LogP contribution < -0.4 is 5.73 Å². The number of rotatable bonds is 5. The van der Waals surface area contributed by atoms with Crippen molar-refractivity contribution in [2.24, 2.45) is 5.73 Å². The Labute approximate surface area is 111 Å². The zero-order valence-electron chi connectivity index (χ0n) is 10.8. The van der Waals surface area contributed by atoms with E-state index in [1.165, 1.54) is 0 Å². The van der Waals surface area contributed by atoms with Gasteiger partial charge in [-0.2, -0.15) is 16.7 Å². The largest absolute Gasteiger partial charge is 0.367 e. The molecule has 18 heavy (non-hydrogen) atoms. The van der Waals surface area contributed by atoms with Gasteiger partial charge in [0.25, 0.3) is 0 Å². The first kappa shape index (κ1) is 13.8. The molecule has 0 aromatic carbocycles. The number of morpholine rings is 1. The first-order valence-corrected chi connectivity index (χ1v) is 7.48. The topological polar surface area (TPSA) is 77.4 Å². The van der Waals surface area contributed by atoms with Crippen molar-refractivity contribution in [3.8, 4) is 0 Å². The van der Waals surface area contributed by atoms with E-state index in [1.807, 2.05) is 0 Å². The molecule has 1 aromatic heterocycles. The Morgan fingerprint density at radius 2 is 2.44 bits per heavy atom. The first-order valence-electron chi connectivity index (χ1n) is 6.09. The summed E-state index contributed by atoms with van der Waals surface area (Å²) < 4.78 is 10.9. The van der Waals surface area contributed by atoms with Crippen LogP contribution >= 0.6 is 11.8 Å². The van der Waals surface area contributed by atoms with Crippen LogP contribution in [-0.4, -0.2) is 53.8 Å². The molecular formula is C11H20N4O2S. The number of hydrogen-bond donors (Lipinski definition) is 1. The molecule has 1 aliphatic heterocycles. The van der Waals surface area contributed by atoms with Crippen LogP contribution in [0.3, 0.4) is 0 Å². The summed E-state index contributed by atoms with van der Waals surface area (Å²) in [5.74, 6) is 2.11. The number of ether oxygens (including phenoxy) is 1. The summed E-state index contributed by atoms with van der Waals surface area (Å²) in [5.41, 5.74) is 5.99. The summed E-state index contributed by atoms with van der Waals surface area (Å²) in [7, 11) is 2.06. The van der Waals surface area contributed by atoms with Crippen LogP contribution in [0.5, 0.6) is 0 Å². The molecule has 0 aliphatic carbocycles. The lowest BCUT2D eigenvalue weighted by molar-refractivity contribution is -0.0264. The smallest absolute Gasteiger partial charge is 0.243 e. The molecule has 0 bridgehead atoms. The van der Waals surface area contributed by atoms with Gasteiger partial charge in [0.2, 0.25) is 11.7 Å². The predicted octanol–water partition coefficient (Wildman–Crippen LogP) is 0.826. The van der Waals surface area contributed by atoms with Crippen molar-refractivity contribution in [2.45, 2.75) is 18.6 Å². The van der Waals surface area contributed by atoms with Gasteiger partial charge in [-0.1, -0.05) is 5.16 Å². The molecule has 7 heteroatoms. The highest BCUT2D eigenvalue weighted by Gasteiger charge is 2.25. The minimum Gasteiger partial charge on any atom is -0.367 e. The molecule has 6 nitrogen and oxygen atoms in total. The van der Waals surface area contributed by atoms with Crippen molar-refractivity contribution in [3.05, 3.63) is 11.7 Å². The SMILES string of the molecule is CSCC[C@H](N)c1nc(C2CN(C)CCO2)no1. The van der Waals surface area contributed by atoms with Crippen LogP contribution in [0.4, 0.5) is 0 Å². The van der Waals surface area contributed by atoms with Crippen molar-refractivity contribution < 1.29 is 9.26 Å². The molecular weight excluding hydrogens is 252 g/mol. The maximum absolute atomic E-state index is 5.99. The van der Waals surface area contributed by atoms with E-state index in [2.05, 4.69) is 28.3 Å². The van der Waals surface area contributed by atoms with Gasteiger partial charge in [0.15, 0.2) is 0 Å². The number of hydrogen-bond acceptors (Lipinski definition) is 7. The minimum atomic E-state index is -0.181. The van der Waals surface area contributed by atoms with Gasteiger partial charge in [0.1, 0.15) is 6.10 Å². The Bertz CT molecular complexity index is 374. The highest BCUT2D eigenvalue weighted by atomic mass is 32.2. The van der Waals surface area contributed by atoms with E-state index in [0.29, 0.717) is 18.3 Å². The normalized spacial score (nSPS) is 23.2. The summed E-state index contributed by atoms with van der Waals surface area (Å²) >= 11 is 1.76. The summed E-state index contributed by atoms with van der Waals surface area (Å²) in [4.78, 5) is 6.55. The van der Waals surface area contributed by atoms with Crippen molar-refractivity contribution in [1.82, 2.24) is 15.0 Å². The fourth-order valence-electron chi connectivity index (χ4n) is 1.83. The molecule has 1 saturated heterocycles. The van der Waals surface area contributed by atoms with Gasteiger partial charge in [-0.05, 0) is 25.5 Å². The van der Waals surface area contributed by atoms with E-state index in [0.717, 1.165) is 25.3 Å². The van der Waals surface area contributed by atoms with Gasteiger partial charge in [-0.25, -0.2) is 0 Å². The third kappa shape index (κ3) is 3.44. The maximum Gasteiger partial charge on any atom is 0.243 e. The van der Waals surface area contributed by atoms with E-state index in [-0.39, 0.29) is 12.1 Å². The van der Waals surface area contributed by atoms with E-state index in [9.17, 15) is 0 Å². The van der Waals surface area contributed by atoms with Gasteiger partial charge < -0.3 is 19.9 Å². The minimum absolute atomic E-state index is 0.103. The highest BCUT2D eigenvalue weighted by molar-refractivity contribution is 7.98. The number of nitrogens with two attached hydrogens (primary N) is 1. The van der Waals surface area contributed by atoms with Crippen molar-refractivity contribution in [1.29, 1.82) is 0 Å². The summed E-state index contributed by atoms with van der Waals surface area (Å²) in [6.07, 6.45) is 2.79. The second kappa shape index (κ2) is 6.51. The van der Waals surface area contributed by atoms with Gasteiger partial charge in [-0.3, -0.25) is 0 Å². The Balaban J connectivity index is 1.96. The third-order valence-electron chi connectivity index (χ3n) is 2.97. The number of nitrogens with zero attached hydrogens (tertiary/aromatic N) is 3. The standard InChI is InChI=1S/C11H20N4O2S/c1-15-4-5-16-9(7-15)10-13-11(17-14-10)8(12)3-6-18-2/h8-9H,3-7,12H2,1-2H3/t8-,9?/m0/s1. The lowest BCUT2D eigenvalue weighted by atomic mass is 10.2. The van der Waals surface area contributed by atoms with Gasteiger partial charge in [-0.15, -0.1) is 0 Å². The number of thioether (sulfide) groups is 1. The predicted molar refractivity (Wildman–Crippen MR) is 70.4 cm³/mol. The molecule has 1 fully saturated rings. The van der Waals surface area contributed by atoms with Crippen molar-refractivity contribution >= 4 is 11.8 Å². The Morgan fingerprint density at radius 3 is 3.17 bits per heavy atom. The van der Waals surface area contributed by atoms with E-state index in [4.69, 9.17) is 15.0 Å². The molecule has 2 rings (SSSR count). The maximum atomic E-state index is 5.99. The van der Waals surface area contributed by atoms with Crippen LogP contribution in [0.25, 0.3) is 0 Å². The molecule has 2 atom stereocenters. The van der Waals surface area contributed by atoms with E-state index >= 15 is 0 Å². The zero-order valence-corrected chi connectivity index (χ0v) is 11.7. The lowest BCUT2D eigenvalue weighted by Gasteiger charge is -2.27. The molecule has 0 radical (unpaired) electrons. The van der Waals surface area contributed by atoms with Gasteiger partial charge in [0, 0.05) is 13.1 Å². The molecule has 102 valence electrons. The molecule has 0 spiro atoms. The Hall–Kier alpha value is -0.630. The molecule has 1 unspecified atom stereocenters. The molecule has 1 aromatic rings. The number of aromatic nitrogens is 2. The number of likely N-dealkylation sites (N-methyl/N-ethyl adjacent to an activating group) is 1. The molecule has 1 aliphatic rings. The van der Waals surface area contributed by atoms with Crippen LogP contribution in [0.2, 0.25) is 0 Å². The third-order valence-corrected chi connectivity index (χ3v) is 3.61. The molecule has 0 saturated carbocycles. The quantitative estimate of drug-likeness (QED) is 0.850. The average Bonchev–Trinajstić information content (AvgIpc) is 2.85. The first-order chi connectivity index (χ1) is 8.70. The zero-order chi connectivity index (χ0) is 13.0. The monoisotopic (exact) mass is 272 g/mol.